The SMILES string of the molecule is Cl.O=C(O)c1cccnc1OC(F)(F)F. The minimum absolute atomic E-state index is 0. The smallest absolute Gasteiger partial charge is 0.477 e. The van der Waals surface area contributed by atoms with Crippen LogP contribution >= 0.6 is 12.4 Å². The molecule has 0 spiro atoms. The van der Waals surface area contributed by atoms with Gasteiger partial charge >= 0.3 is 12.3 Å². The summed E-state index contributed by atoms with van der Waals surface area (Å²) in [6, 6.07) is 2.17. The zero-order chi connectivity index (χ0) is 10.8. The Kier molecular flexibility index (Phi) is 4.35. The van der Waals surface area contributed by atoms with Crippen LogP contribution in [0.25, 0.3) is 0 Å². The van der Waals surface area contributed by atoms with E-state index in [1.807, 2.05) is 0 Å². The number of ether oxygens (including phenoxy) is 1. The van der Waals surface area contributed by atoms with Crippen LogP contribution in [0.2, 0.25) is 0 Å². The lowest BCUT2D eigenvalue weighted by Crippen LogP contribution is -2.19. The number of carboxylic acid groups (broad SMARTS) is 1. The summed E-state index contributed by atoms with van der Waals surface area (Å²) in [4.78, 5) is 13.6. The summed E-state index contributed by atoms with van der Waals surface area (Å²) in [5.41, 5.74) is -0.634. The average molecular weight is 244 g/mol. The molecule has 0 saturated heterocycles. The number of pyridine rings is 1. The Morgan fingerprint density at radius 1 is 1.47 bits per heavy atom. The molecule has 84 valence electrons. The van der Waals surface area contributed by atoms with E-state index in [0.717, 1.165) is 12.3 Å². The summed E-state index contributed by atoms with van der Waals surface area (Å²) in [5, 5.41) is 8.48. The molecule has 1 rings (SSSR count). The molecule has 0 fully saturated rings. The van der Waals surface area contributed by atoms with E-state index in [9.17, 15) is 18.0 Å². The third kappa shape index (κ3) is 4.03. The normalized spacial score (nSPS) is 10.3. The molecule has 0 aliphatic heterocycles. The van der Waals surface area contributed by atoms with E-state index in [-0.39, 0.29) is 12.4 Å². The molecule has 15 heavy (non-hydrogen) atoms. The van der Waals surface area contributed by atoms with Gasteiger partial charge in [0.1, 0.15) is 5.56 Å². The monoisotopic (exact) mass is 243 g/mol. The second-order valence-corrected chi connectivity index (χ2v) is 2.21. The van der Waals surface area contributed by atoms with Crippen LogP contribution in [0.5, 0.6) is 5.88 Å². The van der Waals surface area contributed by atoms with Crippen LogP contribution in [0, 0.1) is 0 Å². The molecule has 0 atom stereocenters. The summed E-state index contributed by atoms with van der Waals surface area (Å²) >= 11 is 0. The van der Waals surface area contributed by atoms with Gasteiger partial charge in [-0.25, -0.2) is 9.78 Å². The molecule has 0 amide bonds. The lowest BCUT2D eigenvalue weighted by molar-refractivity contribution is -0.276. The third-order valence-electron chi connectivity index (χ3n) is 1.21. The van der Waals surface area contributed by atoms with Gasteiger partial charge in [0.25, 0.3) is 0 Å². The molecule has 0 bridgehead atoms. The Balaban J connectivity index is 0.00000196. The van der Waals surface area contributed by atoms with Gasteiger partial charge in [0.2, 0.25) is 5.88 Å². The van der Waals surface area contributed by atoms with E-state index in [1.165, 1.54) is 6.07 Å². The van der Waals surface area contributed by atoms with Gasteiger partial charge in [-0.1, -0.05) is 0 Å². The molecule has 8 heteroatoms. The van der Waals surface area contributed by atoms with Crippen molar-refractivity contribution in [1.29, 1.82) is 0 Å². The molecule has 1 aromatic heterocycles. The van der Waals surface area contributed by atoms with Crippen LogP contribution in [0.3, 0.4) is 0 Å². The molecule has 0 aliphatic carbocycles. The molecule has 4 nitrogen and oxygen atoms in total. The molecule has 0 unspecified atom stereocenters. The fraction of sp³-hybridized carbons (Fsp3) is 0.143. The predicted molar refractivity (Wildman–Crippen MR) is 45.1 cm³/mol. The van der Waals surface area contributed by atoms with E-state index in [1.54, 1.807) is 0 Å². The number of carbonyl (C=O) groups is 1. The van der Waals surface area contributed by atoms with E-state index in [4.69, 9.17) is 5.11 Å². The lowest BCUT2D eigenvalue weighted by atomic mass is 10.3. The largest absolute Gasteiger partial charge is 0.574 e. The fourth-order valence-corrected chi connectivity index (χ4v) is 0.745. The van der Waals surface area contributed by atoms with Crippen molar-refractivity contribution in [1.82, 2.24) is 4.98 Å². The molecule has 0 radical (unpaired) electrons. The van der Waals surface area contributed by atoms with Crippen molar-refractivity contribution >= 4 is 18.4 Å². The number of nitrogens with zero attached hydrogens (tertiary/aromatic N) is 1. The van der Waals surface area contributed by atoms with E-state index >= 15 is 0 Å². The van der Waals surface area contributed by atoms with Gasteiger partial charge in [-0.05, 0) is 12.1 Å². The number of hydrogen-bond donors (Lipinski definition) is 1. The zero-order valence-electron chi connectivity index (χ0n) is 6.99. The number of aromatic carboxylic acids is 1. The Bertz CT molecular complexity index is 356. The maximum Gasteiger partial charge on any atom is 0.574 e. The van der Waals surface area contributed by atoms with Crippen molar-refractivity contribution in [3.05, 3.63) is 23.9 Å². The van der Waals surface area contributed by atoms with Crippen molar-refractivity contribution in [2.75, 3.05) is 0 Å². The first-order chi connectivity index (χ1) is 6.40. The predicted octanol–water partition coefficient (Wildman–Crippen LogP) is 2.10. The first-order valence-electron chi connectivity index (χ1n) is 3.34. The van der Waals surface area contributed by atoms with Crippen LogP contribution in [-0.4, -0.2) is 22.4 Å². The standard InChI is InChI=1S/C7H4F3NO3.ClH/c8-7(9,10)14-5-4(6(12)13)2-1-3-11-5;/h1-3H,(H,12,13);1H. The number of carboxylic acids is 1. The highest BCUT2D eigenvalue weighted by molar-refractivity contribution is 5.90. The second kappa shape index (κ2) is 4.83. The van der Waals surface area contributed by atoms with Gasteiger partial charge in [0.05, 0.1) is 0 Å². The van der Waals surface area contributed by atoms with Crippen molar-refractivity contribution in [3.8, 4) is 5.88 Å². The highest BCUT2D eigenvalue weighted by atomic mass is 35.5. The van der Waals surface area contributed by atoms with Crippen LogP contribution in [0.15, 0.2) is 18.3 Å². The molecule has 0 aromatic carbocycles. The Hall–Kier alpha value is -1.50. The van der Waals surface area contributed by atoms with E-state index in [0.29, 0.717) is 0 Å². The summed E-state index contributed by atoms with van der Waals surface area (Å²) in [5.74, 6) is -2.50. The highest BCUT2D eigenvalue weighted by Gasteiger charge is 2.33. The van der Waals surface area contributed by atoms with Crippen LogP contribution < -0.4 is 4.74 Å². The van der Waals surface area contributed by atoms with Gasteiger partial charge < -0.3 is 9.84 Å². The van der Waals surface area contributed by atoms with E-state index < -0.39 is 23.8 Å². The number of halogens is 4. The average Bonchev–Trinajstić information content (AvgIpc) is 2.01. The zero-order valence-corrected chi connectivity index (χ0v) is 7.80. The minimum atomic E-state index is -4.95. The first kappa shape index (κ1) is 13.5. The van der Waals surface area contributed by atoms with Gasteiger partial charge in [-0.15, -0.1) is 25.6 Å². The summed E-state index contributed by atoms with van der Waals surface area (Å²) < 4.78 is 38.6. The molecular weight excluding hydrogens is 239 g/mol. The molecule has 1 heterocycles. The number of rotatable bonds is 2. The van der Waals surface area contributed by atoms with Gasteiger partial charge in [0, 0.05) is 6.20 Å². The Morgan fingerprint density at radius 2 is 2.07 bits per heavy atom. The van der Waals surface area contributed by atoms with Crippen molar-refractivity contribution in [2.45, 2.75) is 6.36 Å². The van der Waals surface area contributed by atoms with Crippen LogP contribution in [0.4, 0.5) is 13.2 Å². The quantitative estimate of drug-likeness (QED) is 0.864. The molecular formula is C7H5ClF3NO3. The summed E-state index contributed by atoms with van der Waals surface area (Å²) in [6.45, 7) is 0. The first-order valence-corrected chi connectivity index (χ1v) is 3.34. The topological polar surface area (TPSA) is 59.4 Å². The van der Waals surface area contributed by atoms with E-state index in [2.05, 4.69) is 9.72 Å². The maximum atomic E-state index is 11.7. The van der Waals surface area contributed by atoms with Crippen molar-refractivity contribution in [3.63, 3.8) is 0 Å². The van der Waals surface area contributed by atoms with Crippen molar-refractivity contribution in [2.24, 2.45) is 0 Å². The lowest BCUT2D eigenvalue weighted by Gasteiger charge is -2.08. The summed E-state index contributed by atoms with van der Waals surface area (Å²) in [7, 11) is 0. The minimum Gasteiger partial charge on any atom is -0.477 e. The van der Waals surface area contributed by atoms with Gasteiger partial charge in [0.15, 0.2) is 0 Å². The highest BCUT2D eigenvalue weighted by Crippen LogP contribution is 2.23. The third-order valence-corrected chi connectivity index (χ3v) is 1.21. The summed E-state index contributed by atoms with van der Waals surface area (Å²) in [6.07, 6.45) is -3.94. The van der Waals surface area contributed by atoms with Gasteiger partial charge in [-0.3, -0.25) is 0 Å². The molecule has 0 saturated carbocycles. The molecule has 1 N–H and O–H groups in total. The van der Waals surface area contributed by atoms with Crippen molar-refractivity contribution < 1.29 is 27.8 Å². The number of hydrogen-bond acceptors (Lipinski definition) is 3. The molecule has 0 aliphatic rings. The Morgan fingerprint density at radius 3 is 2.53 bits per heavy atom. The maximum absolute atomic E-state index is 11.7. The number of aromatic nitrogens is 1. The van der Waals surface area contributed by atoms with Gasteiger partial charge in [-0.2, -0.15) is 0 Å². The van der Waals surface area contributed by atoms with Crippen LogP contribution in [0.1, 0.15) is 10.4 Å². The Labute approximate surface area is 88.1 Å². The van der Waals surface area contributed by atoms with Crippen LogP contribution in [-0.2, 0) is 0 Å². The second-order valence-electron chi connectivity index (χ2n) is 2.21. The molecule has 1 aromatic rings. The number of alkyl halides is 3. The fourth-order valence-electron chi connectivity index (χ4n) is 0.745.